The molecule has 1 heterocycles. The minimum atomic E-state index is 0. The highest BCUT2D eigenvalue weighted by Crippen LogP contribution is 2.19. The van der Waals surface area contributed by atoms with Crippen molar-refractivity contribution in [3.05, 3.63) is 29.8 Å². The summed E-state index contributed by atoms with van der Waals surface area (Å²) in [5.41, 5.74) is 7.79. The van der Waals surface area contributed by atoms with Crippen molar-refractivity contribution < 1.29 is 4.79 Å². The third-order valence-electron chi connectivity index (χ3n) is 4.04. The first-order valence-corrected chi connectivity index (χ1v) is 7.31. The molecule has 0 aromatic heterocycles. The molecule has 20 heavy (non-hydrogen) atoms. The molecule has 1 saturated heterocycles. The maximum Gasteiger partial charge on any atom is 0.223 e. The number of likely N-dealkylation sites (tertiary alicyclic amines) is 1. The van der Waals surface area contributed by atoms with E-state index in [1.54, 1.807) is 0 Å². The lowest BCUT2D eigenvalue weighted by molar-refractivity contribution is -0.133. The molecule has 0 spiro atoms. The molecule has 2 N–H and O–H groups in total. The molecular weight excluding hydrogens is 272 g/mol. The highest BCUT2D eigenvalue weighted by atomic mass is 35.5. The number of carbonyl (C=O) groups is 1. The Labute approximate surface area is 127 Å². The first kappa shape index (κ1) is 16.8. The van der Waals surface area contributed by atoms with Crippen molar-refractivity contribution in [3.8, 4) is 0 Å². The summed E-state index contributed by atoms with van der Waals surface area (Å²) >= 11 is 0. The first-order valence-electron chi connectivity index (χ1n) is 7.31. The van der Waals surface area contributed by atoms with Gasteiger partial charge in [-0.15, -0.1) is 12.4 Å². The normalized spacial score (nSPS) is 19.1. The van der Waals surface area contributed by atoms with Gasteiger partial charge in [-0.05, 0) is 37.8 Å². The molecule has 1 aromatic rings. The van der Waals surface area contributed by atoms with Gasteiger partial charge in [0.15, 0.2) is 0 Å². The van der Waals surface area contributed by atoms with Gasteiger partial charge in [0, 0.05) is 24.7 Å². The Morgan fingerprint density at radius 1 is 1.30 bits per heavy atom. The van der Waals surface area contributed by atoms with Crippen LogP contribution in [0, 0.1) is 0 Å². The summed E-state index contributed by atoms with van der Waals surface area (Å²) in [7, 11) is 0. The molecule has 1 aliphatic heterocycles. The molecule has 2 rings (SSSR count). The topological polar surface area (TPSA) is 46.3 Å². The van der Waals surface area contributed by atoms with Gasteiger partial charge in [-0.1, -0.05) is 31.0 Å². The standard InChI is InChI=1S/C16H24N2O.ClH/c1-13-7-3-2-6-12-18(13)16(19)11-10-14-8-4-5-9-15(14)17;/h4-5,8-9,13H,2-3,6-7,10-12,17H2,1H3;1H. The molecule has 0 bridgehead atoms. The summed E-state index contributed by atoms with van der Waals surface area (Å²) < 4.78 is 0. The van der Waals surface area contributed by atoms with E-state index in [0.717, 1.165) is 37.1 Å². The van der Waals surface area contributed by atoms with E-state index >= 15 is 0 Å². The molecule has 3 nitrogen and oxygen atoms in total. The van der Waals surface area contributed by atoms with Crippen LogP contribution in [0.4, 0.5) is 5.69 Å². The van der Waals surface area contributed by atoms with E-state index in [0.29, 0.717) is 12.5 Å². The molecule has 1 amide bonds. The van der Waals surface area contributed by atoms with Crippen LogP contribution in [0.2, 0.25) is 0 Å². The fourth-order valence-corrected chi connectivity index (χ4v) is 2.79. The van der Waals surface area contributed by atoms with Crippen molar-refractivity contribution in [2.24, 2.45) is 0 Å². The molecule has 1 aliphatic rings. The number of hydrogen-bond acceptors (Lipinski definition) is 2. The lowest BCUT2D eigenvalue weighted by Crippen LogP contribution is -2.38. The number of nitrogens with two attached hydrogens (primary N) is 1. The van der Waals surface area contributed by atoms with Crippen LogP contribution < -0.4 is 5.73 Å². The molecule has 1 unspecified atom stereocenters. The Hall–Kier alpha value is -1.22. The number of rotatable bonds is 3. The highest BCUT2D eigenvalue weighted by molar-refractivity contribution is 5.85. The lowest BCUT2D eigenvalue weighted by Gasteiger charge is -2.27. The molecule has 0 radical (unpaired) electrons. The summed E-state index contributed by atoms with van der Waals surface area (Å²) in [6, 6.07) is 8.20. The lowest BCUT2D eigenvalue weighted by atomic mass is 10.1. The summed E-state index contributed by atoms with van der Waals surface area (Å²) in [4.78, 5) is 14.4. The SMILES string of the molecule is CC1CCCCCN1C(=O)CCc1ccccc1N.Cl. The van der Waals surface area contributed by atoms with Gasteiger partial charge in [0.2, 0.25) is 5.91 Å². The van der Waals surface area contributed by atoms with Crippen molar-refractivity contribution in [2.45, 2.75) is 51.5 Å². The molecule has 4 heteroatoms. The maximum atomic E-state index is 12.3. The van der Waals surface area contributed by atoms with Gasteiger partial charge in [-0.2, -0.15) is 0 Å². The number of para-hydroxylation sites is 1. The van der Waals surface area contributed by atoms with Gasteiger partial charge in [0.25, 0.3) is 0 Å². The van der Waals surface area contributed by atoms with Gasteiger partial charge in [0.1, 0.15) is 0 Å². The number of aryl methyl sites for hydroxylation is 1. The number of amides is 1. The van der Waals surface area contributed by atoms with Crippen molar-refractivity contribution in [1.82, 2.24) is 4.90 Å². The monoisotopic (exact) mass is 296 g/mol. The van der Waals surface area contributed by atoms with Crippen LogP contribution in [0.15, 0.2) is 24.3 Å². The molecule has 1 atom stereocenters. The quantitative estimate of drug-likeness (QED) is 0.869. The summed E-state index contributed by atoms with van der Waals surface area (Å²) in [6.07, 6.45) is 6.09. The Kier molecular flexibility index (Phi) is 6.86. The van der Waals surface area contributed by atoms with E-state index in [-0.39, 0.29) is 18.3 Å². The van der Waals surface area contributed by atoms with Crippen molar-refractivity contribution >= 4 is 24.0 Å². The maximum absolute atomic E-state index is 12.3. The van der Waals surface area contributed by atoms with E-state index in [1.807, 2.05) is 24.3 Å². The second-order valence-electron chi connectivity index (χ2n) is 5.48. The molecule has 1 fully saturated rings. The Balaban J connectivity index is 0.00000200. The summed E-state index contributed by atoms with van der Waals surface area (Å²) in [5.74, 6) is 0.276. The number of carbonyl (C=O) groups excluding carboxylic acids is 1. The van der Waals surface area contributed by atoms with Crippen LogP contribution in [-0.4, -0.2) is 23.4 Å². The zero-order valence-electron chi connectivity index (χ0n) is 12.2. The predicted molar refractivity (Wildman–Crippen MR) is 86.1 cm³/mol. The van der Waals surface area contributed by atoms with Crippen LogP contribution in [0.3, 0.4) is 0 Å². The van der Waals surface area contributed by atoms with E-state index in [1.165, 1.54) is 12.8 Å². The van der Waals surface area contributed by atoms with Gasteiger partial charge in [-0.3, -0.25) is 4.79 Å². The van der Waals surface area contributed by atoms with Gasteiger partial charge in [0.05, 0.1) is 0 Å². The van der Waals surface area contributed by atoms with Crippen LogP contribution in [0.25, 0.3) is 0 Å². The van der Waals surface area contributed by atoms with E-state index < -0.39 is 0 Å². The third kappa shape index (κ3) is 4.41. The Morgan fingerprint density at radius 2 is 2.05 bits per heavy atom. The molecule has 0 saturated carbocycles. The second-order valence-corrected chi connectivity index (χ2v) is 5.48. The van der Waals surface area contributed by atoms with E-state index in [2.05, 4.69) is 11.8 Å². The van der Waals surface area contributed by atoms with Crippen molar-refractivity contribution in [3.63, 3.8) is 0 Å². The Morgan fingerprint density at radius 3 is 2.80 bits per heavy atom. The minimum Gasteiger partial charge on any atom is -0.399 e. The number of benzene rings is 1. The predicted octanol–water partition coefficient (Wildman–Crippen LogP) is 3.41. The molecular formula is C16H25ClN2O. The fraction of sp³-hybridized carbons (Fsp3) is 0.562. The zero-order chi connectivity index (χ0) is 13.7. The van der Waals surface area contributed by atoms with Gasteiger partial charge in [-0.25, -0.2) is 0 Å². The van der Waals surface area contributed by atoms with E-state index in [9.17, 15) is 4.79 Å². The zero-order valence-corrected chi connectivity index (χ0v) is 13.0. The second kappa shape index (κ2) is 8.15. The number of nitrogen functional groups attached to an aromatic ring is 1. The minimum absolute atomic E-state index is 0. The van der Waals surface area contributed by atoms with Crippen molar-refractivity contribution in [2.75, 3.05) is 12.3 Å². The molecule has 112 valence electrons. The average molecular weight is 297 g/mol. The molecule has 0 aliphatic carbocycles. The third-order valence-corrected chi connectivity index (χ3v) is 4.04. The fourth-order valence-electron chi connectivity index (χ4n) is 2.79. The molecule has 1 aromatic carbocycles. The van der Waals surface area contributed by atoms with Crippen LogP contribution in [0.5, 0.6) is 0 Å². The van der Waals surface area contributed by atoms with Gasteiger partial charge < -0.3 is 10.6 Å². The Bertz CT molecular complexity index is 436. The highest BCUT2D eigenvalue weighted by Gasteiger charge is 2.21. The van der Waals surface area contributed by atoms with E-state index in [4.69, 9.17) is 5.73 Å². The summed E-state index contributed by atoms with van der Waals surface area (Å²) in [5, 5.41) is 0. The first-order chi connectivity index (χ1) is 9.18. The number of hydrogen-bond donors (Lipinski definition) is 1. The largest absolute Gasteiger partial charge is 0.399 e. The van der Waals surface area contributed by atoms with Gasteiger partial charge >= 0.3 is 0 Å². The average Bonchev–Trinajstić information content (AvgIpc) is 2.62. The smallest absolute Gasteiger partial charge is 0.223 e. The van der Waals surface area contributed by atoms with Crippen molar-refractivity contribution in [1.29, 1.82) is 0 Å². The van der Waals surface area contributed by atoms with Crippen LogP contribution >= 0.6 is 12.4 Å². The van der Waals surface area contributed by atoms with Crippen LogP contribution in [-0.2, 0) is 11.2 Å². The van der Waals surface area contributed by atoms with Crippen LogP contribution in [0.1, 0.15) is 44.6 Å². The summed E-state index contributed by atoms with van der Waals surface area (Å²) in [6.45, 7) is 3.09. The number of halogens is 1. The number of nitrogens with zero attached hydrogens (tertiary/aromatic N) is 1. The number of anilines is 1.